The zero-order chi connectivity index (χ0) is 13.0. The van der Waals surface area contributed by atoms with Crippen molar-refractivity contribution in [3.8, 4) is 11.1 Å². The summed E-state index contributed by atoms with van der Waals surface area (Å²) in [4.78, 5) is 0. The molecule has 0 amide bonds. The molecule has 1 nitrogen and oxygen atoms in total. The molecule has 1 aliphatic rings. The first-order chi connectivity index (χ1) is 8.46. The maximum atomic E-state index is 10.8. The van der Waals surface area contributed by atoms with E-state index in [1.807, 2.05) is 24.3 Å². The molecule has 74 valence electrons. The minimum atomic E-state index is -2.49. The lowest BCUT2D eigenvalue weighted by molar-refractivity contribution is 0.107. The van der Waals surface area contributed by atoms with Crippen molar-refractivity contribution in [3.63, 3.8) is 0 Å². The summed E-state index contributed by atoms with van der Waals surface area (Å²) in [5.41, 5.74) is 0.621. The molecule has 0 fully saturated rings. The molecule has 0 spiro atoms. The van der Waals surface area contributed by atoms with Crippen molar-refractivity contribution in [1.82, 2.24) is 0 Å². The van der Waals surface area contributed by atoms with Crippen LogP contribution in [0, 0.1) is 0 Å². The van der Waals surface area contributed by atoms with Crippen LogP contribution in [-0.4, -0.2) is 5.11 Å². The van der Waals surface area contributed by atoms with E-state index in [0.717, 1.165) is 11.1 Å². The zero-order valence-electron chi connectivity index (χ0n) is 11.1. The van der Waals surface area contributed by atoms with E-state index in [0.29, 0.717) is 11.1 Å². The van der Waals surface area contributed by atoms with Crippen LogP contribution in [0.5, 0.6) is 0 Å². The summed E-state index contributed by atoms with van der Waals surface area (Å²) in [6.07, 6.45) is 0. The summed E-state index contributed by atoms with van der Waals surface area (Å²) < 4.78 is 23.0. The number of aliphatic hydroxyl groups is 1. The molecule has 0 aromatic heterocycles. The van der Waals surface area contributed by atoms with Gasteiger partial charge in [0.1, 0.15) is 5.60 Å². The Labute approximate surface area is 93.2 Å². The van der Waals surface area contributed by atoms with Gasteiger partial charge in [0.2, 0.25) is 0 Å². The second kappa shape index (κ2) is 2.71. The molecule has 0 saturated heterocycles. The van der Waals surface area contributed by atoms with Crippen LogP contribution in [0.4, 0.5) is 0 Å². The number of fused-ring (bicyclic) bond motifs is 3. The lowest BCUT2D eigenvalue weighted by Crippen LogP contribution is -2.18. The summed E-state index contributed by atoms with van der Waals surface area (Å²) in [7, 11) is 0. The van der Waals surface area contributed by atoms with Crippen LogP contribution in [0.15, 0.2) is 48.5 Å². The molecule has 0 atom stereocenters. The quantitative estimate of drug-likeness (QED) is 0.691. The third-order valence-electron chi connectivity index (χ3n) is 2.92. The molecule has 0 heterocycles. The van der Waals surface area contributed by atoms with Crippen molar-refractivity contribution >= 4 is 0 Å². The Morgan fingerprint density at radius 3 is 1.87 bits per heavy atom. The third-order valence-corrected chi connectivity index (χ3v) is 2.92. The van der Waals surface area contributed by atoms with E-state index in [-0.39, 0.29) is 0 Å². The molecular formula is C14H12O. The lowest BCUT2D eigenvalue weighted by Gasteiger charge is -2.19. The fourth-order valence-corrected chi connectivity index (χ4v) is 2.21. The first-order valence-electron chi connectivity index (χ1n) is 6.38. The summed E-state index contributed by atoms with van der Waals surface area (Å²) in [5.74, 6) is 0. The highest BCUT2D eigenvalue weighted by Crippen LogP contribution is 2.46. The smallest absolute Gasteiger partial charge is 0.113 e. The largest absolute Gasteiger partial charge is 0.381 e. The van der Waals surface area contributed by atoms with Crippen molar-refractivity contribution in [2.75, 3.05) is 0 Å². The van der Waals surface area contributed by atoms with E-state index in [1.54, 1.807) is 24.3 Å². The topological polar surface area (TPSA) is 20.2 Å². The van der Waals surface area contributed by atoms with Gasteiger partial charge in [0.25, 0.3) is 0 Å². The summed E-state index contributed by atoms with van der Waals surface area (Å²) in [6, 6.07) is 14.3. The molecule has 0 radical (unpaired) electrons. The number of rotatable bonds is 0. The first kappa shape index (κ1) is 6.09. The van der Waals surface area contributed by atoms with Gasteiger partial charge in [-0.25, -0.2) is 0 Å². The molecule has 1 aliphatic carbocycles. The highest BCUT2D eigenvalue weighted by Gasteiger charge is 2.36. The maximum Gasteiger partial charge on any atom is 0.113 e. The second-order valence-corrected chi connectivity index (χ2v) is 3.80. The summed E-state index contributed by atoms with van der Waals surface area (Å²) >= 11 is 0. The molecule has 0 unspecified atom stereocenters. The van der Waals surface area contributed by atoms with Crippen LogP contribution in [0.2, 0.25) is 0 Å². The SMILES string of the molecule is [2H]C([2H])([2H])C1(O)c2ccccc2-c2ccccc21. The van der Waals surface area contributed by atoms with Crippen LogP contribution < -0.4 is 0 Å². The third kappa shape index (κ3) is 1.01. The molecule has 0 aliphatic heterocycles. The predicted molar refractivity (Wildman–Crippen MR) is 60.6 cm³/mol. The van der Waals surface area contributed by atoms with E-state index < -0.39 is 12.5 Å². The monoisotopic (exact) mass is 199 g/mol. The molecule has 0 bridgehead atoms. The van der Waals surface area contributed by atoms with Crippen molar-refractivity contribution in [3.05, 3.63) is 59.7 Å². The summed E-state index contributed by atoms with van der Waals surface area (Å²) in [6.45, 7) is -2.49. The average Bonchev–Trinajstić information content (AvgIpc) is 2.62. The molecule has 1 heteroatoms. The van der Waals surface area contributed by atoms with Crippen LogP contribution in [0.1, 0.15) is 22.1 Å². The van der Waals surface area contributed by atoms with Gasteiger partial charge in [-0.15, -0.1) is 0 Å². The Balaban J connectivity index is 2.41. The minimum Gasteiger partial charge on any atom is -0.381 e. The fourth-order valence-electron chi connectivity index (χ4n) is 2.21. The van der Waals surface area contributed by atoms with Crippen molar-refractivity contribution < 1.29 is 9.22 Å². The molecule has 3 rings (SSSR count). The number of hydrogen-bond acceptors (Lipinski definition) is 1. The van der Waals surface area contributed by atoms with Gasteiger partial charge in [0, 0.05) is 4.11 Å². The molecule has 2 aromatic carbocycles. The van der Waals surface area contributed by atoms with Crippen molar-refractivity contribution in [2.45, 2.75) is 12.5 Å². The van der Waals surface area contributed by atoms with Gasteiger partial charge in [-0.3, -0.25) is 0 Å². The Bertz CT molecular complexity index is 571. The maximum absolute atomic E-state index is 10.8. The molecule has 2 aromatic rings. The molecular weight excluding hydrogens is 184 g/mol. The Morgan fingerprint density at radius 1 is 0.933 bits per heavy atom. The minimum absolute atomic E-state index is 0.464. The fraction of sp³-hybridized carbons (Fsp3) is 0.143. The van der Waals surface area contributed by atoms with Crippen LogP contribution in [0.25, 0.3) is 11.1 Å². The molecule has 1 N–H and O–H groups in total. The van der Waals surface area contributed by atoms with Gasteiger partial charge in [-0.2, -0.15) is 0 Å². The van der Waals surface area contributed by atoms with Gasteiger partial charge in [-0.1, -0.05) is 48.5 Å². The van der Waals surface area contributed by atoms with E-state index in [9.17, 15) is 5.11 Å². The Kier molecular flexibility index (Phi) is 1.10. The predicted octanol–water partition coefficient (Wildman–Crippen LogP) is 2.92. The highest BCUT2D eigenvalue weighted by molar-refractivity contribution is 5.79. The van der Waals surface area contributed by atoms with Crippen molar-refractivity contribution in [2.24, 2.45) is 0 Å². The van der Waals surface area contributed by atoms with Crippen LogP contribution in [0.3, 0.4) is 0 Å². The van der Waals surface area contributed by atoms with E-state index in [4.69, 9.17) is 4.11 Å². The molecule has 0 saturated carbocycles. The van der Waals surface area contributed by atoms with Crippen LogP contribution >= 0.6 is 0 Å². The normalized spacial score (nSPS) is 19.7. The molecule has 15 heavy (non-hydrogen) atoms. The summed E-state index contributed by atoms with van der Waals surface area (Å²) in [5, 5.41) is 10.8. The van der Waals surface area contributed by atoms with Gasteiger partial charge in [0.05, 0.1) is 0 Å². The van der Waals surface area contributed by atoms with Gasteiger partial charge in [0.15, 0.2) is 0 Å². The van der Waals surface area contributed by atoms with Crippen molar-refractivity contribution in [1.29, 1.82) is 0 Å². The van der Waals surface area contributed by atoms with Gasteiger partial charge in [-0.05, 0) is 29.1 Å². The van der Waals surface area contributed by atoms with Gasteiger partial charge >= 0.3 is 0 Å². The van der Waals surface area contributed by atoms with E-state index >= 15 is 0 Å². The zero-order valence-corrected chi connectivity index (χ0v) is 8.07. The number of benzene rings is 2. The Hall–Kier alpha value is -1.60. The number of hydrogen-bond donors (Lipinski definition) is 1. The lowest BCUT2D eigenvalue weighted by atomic mass is 9.94. The Morgan fingerprint density at radius 2 is 1.40 bits per heavy atom. The second-order valence-electron chi connectivity index (χ2n) is 3.80. The highest BCUT2D eigenvalue weighted by atomic mass is 16.3. The van der Waals surface area contributed by atoms with Crippen LogP contribution in [-0.2, 0) is 5.60 Å². The van der Waals surface area contributed by atoms with E-state index in [1.165, 1.54) is 0 Å². The van der Waals surface area contributed by atoms with Gasteiger partial charge < -0.3 is 5.11 Å². The first-order valence-corrected chi connectivity index (χ1v) is 4.88. The average molecular weight is 199 g/mol. The van der Waals surface area contributed by atoms with E-state index in [2.05, 4.69) is 0 Å². The standard InChI is InChI=1S/C14H12O/c1-14(15)12-8-4-2-6-10(12)11-7-3-5-9-13(11)14/h2-9,15H,1H3/i1D3.